The first kappa shape index (κ1) is 33.0. The number of aliphatic hydroxyl groups is 1. The van der Waals surface area contributed by atoms with Gasteiger partial charge in [0.1, 0.15) is 17.8 Å². The number of hydrogen-bond acceptors (Lipinski definition) is 9. The van der Waals surface area contributed by atoms with E-state index in [0.29, 0.717) is 34.5 Å². The number of aryl methyl sites for hydroxylation is 1. The van der Waals surface area contributed by atoms with Crippen LogP contribution in [-0.2, 0) is 16.0 Å². The van der Waals surface area contributed by atoms with Crippen molar-refractivity contribution in [2.45, 2.75) is 52.5 Å². The van der Waals surface area contributed by atoms with Crippen LogP contribution in [0.5, 0.6) is 11.5 Å². The van der Waals surface area contributed by atoms with Crippen LogP contribution in [0.2, 0.25) is 0 Å². The highest BCUT2D eigenvalue weighted by Crippen LogP contribution is 2.36. The maximum Gasteiger partial charge on any atom is 0.573 e. The number of halogens is 3. The molecule has 1 aliphatic heterocycles. The first-order valence-electron chi connectivity index (χ1n) is 14.5. The van der Waals surface area contributed by atoms with Gasteiger partial charge in [-0.05, 0) is 74.2 Å². The Hall–Kier alpha value is -4.40. The molecule has 0 aliphatic carbocycles. The minimum atomic E-state index is -4.76. The smallest absolute Gasteiger partial charge is 0.489 e. The number of thioether (sulfide) groups is 1. The van der Waals surface area contributed by atoms with Gasteiger partial charge in [0.05, 0.1) is 29.8 Å². The van der Waals surface area contributed by atoms with Gasteiger partial charge in [-0.25, -0.2) is 14.7 Å². The number of amides is 1. The van der Waals surface area contributed by atoms with E-state index in [0.717, 1.165) is 23.1 Å². The van der Waals surface area contributed by atoms with Crippen LogP contribution in [0.25, 0.3) is 17.1 Å². The summed E-state index contributed by atoms with van der Waals surface area (Å²) in [4.78, 5) is 22.9. The molecule has 0 radical (unpaired) electrons. The molecule has 1 aromatic heterocycles. The molecule has 0 saturated carbocycles. The summed E-state index contributed by atoms with van der Waals surface area (Å²) in [6, 6.07) is 18.4. The molecule has 3 aromatic carbocycles. The molecule has 1 fully saturated rings. The van der Waals surface area contributed by atoms with Crippen molar-refractivity contribution in [2.75, 3.05) is 17.3 Å². The highest BCUT2D eigenvalue weighted by molar-refractivity contribution is 8.15. The Labute approximate surface area is 267 Å². The number of carbonyl (C=O) groups excluding carboxylic acids is 1. The zero-order valence-electron chi connectivity index (χ0n) is 25.3. The lowest BCUT2D eigenvalue weighted by atomic mass is 10.1. The molecule has 46 heavy (non-hydrogen) atoms. The van der Waals surface area contributed by atoms with Crippen molar-refractivity contribution in [2.24, 2.45) is 4.99 Å². The molecule has 1 aliphatic rings. The summed E-state index contributed by atoms with van der Waals surface area (Å²) in [6.07, 6.45) is -3.52. The fourth-order valence-electron chi connectivity index (χ4n) is 4.45. The van der Waals surface area contributed by atoms with Gasteiger partial charge in [-0.3, -0.25) is 9.69 Å². The predicted octanol–water partition coefficient (Wildman–Crippen LogP) is 6.29. The molecule has 5 rings (SSSR count). The highest BCUT2D eigenvalue weighted by atomic mass is 32.2. The average Bonchev–Trinajstić information content (AvgIpc) is 3.65. The van der Waals surface area contributed by atoms with Crippen LogP contribution < -0.4 is 14.4 Å². The Morgan fingerprint density at radius 3 is 2.52 bits per heavy atom. The van der Waals surface area contributed by atoms with Gasteiger partial charge in [-0.1, -0.05) is 49.0 Å². The molecule has 1 saturated heterocycles. The molecule has 2 atom stereocenters. The normalized spacial score (nSPS) is 15.8. The number of amidine groups is 1. The van der Waals surface area contributed by atoms with Gasteiger partial charge in [-0.15, -0.1) is 18.3 Å². The van der Waals surface area contributed by atoms with Crippen LogP contribution >= 0.6 is 11.8 Å². The molecule has 2 heterocycles. The average molecular weight is 656 g/mol. The third-order valence-corrected chi connectivity index (χ3v) is 7.88. The molecule has 0 spiro atoms. The van der Waals surface area contributed by atoms with Crippen molar-refractivity contribution in [3.05, 3.63) is 84.2 Å². The van der Waals surface area contributed by atoms with E-state index in [1.165, 1.54) is 51.9 Å². The van der Waals surface area contributed by atoms with Crippen molar-refractivity contribution in [1.82, 2.24) is 14.8 Å². The largest absolute Gasteiger partial charge is 0.573 e. The number of benzene rings is 3. The molecule has 0 bridgehead atoms. The topological polar surface area (TPSA) is 111 Å². The van der Waals surface area contributed by atoms with Crippen LogP contribution in [0.1, 0.15) is 31.4 Å². The summed E-state index contributed by atoms with van der Waals surface area (Å²) in [5.41, 5.74) is 3.72. The summed E-state index contributed by atoms with van der Waals surface area (Å²) < 4.78 is 54.2. The predicted molar refractivity (Wildman–Crippen MR) is 168 cm³/mol. The van der Waals surface area contributed by atoms with Crippen molar-refractivity contribution in [3.8, 4) is 28.6 Å². The number of aromatic nitrogens is 3. The molecule has 1 N–H and O–H groups in total. The minimum Gasteiger partial charge on any atom is -0.489 e. The van der Waals surface area contributed by atoms with Crippen molar-refractivity contribution < 1.29 is 37.3 Å². The molecule has 10 nitrogen and oxygen atoms in total. The van der Waals surface area contributed by atoms with Gasteiger partial charge in [0, 0.05) is 5.56 Å². The summed E-state index contributed by atoms with van der Waals surface area (Å²) in [5, 5.41) is 15.3. The second kappa shape index (κ2) is 14.4. The van der Waals surface area contributed by atoms with E-state index < -0.39 is 12.8 Å². The number of nitrogens with zero attached hydrogens (tertiary/aromatic N) is 5. The monoisotopic (exact) mass is 655 g/mol. The molecule has 4 aromatic rings. The Morgan fingerprint density at radius 2 is 1.83 bits per heavy atom. The second-order valence-electron chi connectivity index (χ2n) is 10.4. The first-order valence-corrected chi connectivity index (χ1v) is 15.5. The summed E-state index contributed by atoms with van der Waals surface area (Å²) >= 11 is 1.22. The van der Waals surface area contributed by atoms with Gasteiger partial charge in [0.25, 0.3) is 6.41 Å². The number of aliphatic imine (C=N–C) groups is 1. The summed E-state index contributed by atoms with van der Waals surface area (Å²) in [6.45, 7) is 6.08. The van der Waals surface area contributed by atoms with Crippen molar-refractivity contribution in [1.29, 1.82) is 0 Å². The Bertz CT molecular complexity index is 1680. The number of ether oxygens (including phenoxy) is 3. The molecule has 242 valence electrons. The van der Waals surface area contributed by atoms with Crippen LogP contribution in [-0.4, -0.2) is 62.2 Å². The van der Waals surface area contributed by atoms with Gasteiger partial charge in [0.15, 0.2) is 11.0 Å². The van der Waals surface area contributed by atoms with Crippen LogP contribution in [0.3, 0.4) is 0 Å². The Morgan fingerprint density at radius 1 is 1.09 bits per heavy atom. The van der Waals surface area contributed by atoms with E-state index in [1.54, 1.807) is 0 Å². The van der Waals surface area contributed by atoms with E-state index >= 15 is 0 Å². The zero-order valence-corrected chi connectivity index (χ0v) is 26.1. The van der Waals surface area contributed by atoms with E-state index in [-0.39, 0.29) is 30.1 Å². The summed E-state index contributed by atoms with van der Waals surface area (Å²) in [7, 11) is 0. The first-order chi connectivity index (χ1) is 22.0. The van der Waals surface area contributed by atoms with Gasteiger partial charge in [0.2, 0.25) is 5.91 Å². The third-order valence-electron chi connectivity index (χ3n) is 6.94. The van der Waals surface area contributed by atoms with E-state index in [1.807, 2.05) is 63.2 Å². The quantitative estimate of drug-likeness (QED) is 0.177. The molecule has 14 heteroatoms. The fourth-order valence-corrected chi connectivity index (χ4v) is 5.33. The second-order valence-corrected chi connectivity index (χ2v) is 11.4. The van der Waals surface area contributed by atoms with Crippen LogP contribution in [0.4, 0.5) is 18.9 Å². The number of aliphatic hydroxyl groups excluding tert-OH is 1. The molecule has 1 amide bonds. The van der Waals surface area contributed by atoms with Gasteiger partial charge < -0.3 is 19.3 Å². The van der Waals surface area contributed by atoms with E-state index in [4.69, 9.17) is 9.47 Å². The number of carbonyl (C=O) groups is 1. The number of alkyl halides is 3. The molecular weight excluding hydrogens is 623 g/mol. The molecule has 2 unspecified atom stereocenters. The number of hydrogen-bond donors (Lipinski definition) is 1. The van der Waals surface area contributed by atoms with Gasteiger partial charge >= 0.3 is 6.36 Å². The molecular formula is C32H32F3N5O5S. The standard InChI is InChI=1S/C32H32F3N5O5S/c1-4-21(3)44-27-14-5-20(2)17-26(27)40-28(41)18-46-30(40)37-31(42)43-16-15-22-6-8-23(9-7-22)29-36-19-39(38-29)24-10-12-25(13-11-24)45-32(33,34)35/h5-14,17,19,21,31,42H,4,15-16,18H2,1-3H3/b37-30-. The maximum atomic E-state index is 12.8. The lowest BCUT2D eigenvalue weighted by molar-refractivity contribution is -0.274. The van der Waals surface area contributed by atoms with Crippen molar-refractivity contribution >= 4 is 28.5 Å². The number of anilines is 1. The summed E-state index contributed by atoms with van der Waals surface area (Å²) in [5.74, 6) is 0.699. The highest BCUT2D eigenvalue weighted by Gasteiger charge is 2.33. The SMILES string of the molecule is CCC(C)Oc1ccc(C)cc1N1C(=O)CS/C1=N\C(O)OCCc1ccc(-c2ncn(-c3ccc(OC(F)(F)F)cc3)n2)cc1. The Balaban J connectivity index is 1.17. The lowest BCUT2D eigenvalue weighted by Gasteiger charge is -2.23. The Kier molecular flexibility index (Phi) is 10.3. The zero-order chi connectivity index (χ0) is 32.8. The maximum absolute atomic E-state index is 12.8. The minimum absolute atomic E-state index is 0.0417. The third kappa shape index (κ3) is 8.44. The van der Waals surface area contributed by atoms with Gasteiger partial charge in [-0.2, -0.15) is 0 Å². The van der Waals surface area contributed by atoms with Crippen LogP contribution in [0, 0.1) is 6.92 Å². The van der Waals surface area contributed by atoms with E-state index in [2.05, 4.69) is 19.8 Å². The lowest BCUT2D eigenvalue weighted by Crippen LogP contribution is -2.31. The fraction of sp³-hybridized carbons (Fsp3) is 0.312. The van der Waals surface area contributed by atoms with Crippen LogP contribution in [0.15, 0.2) is 78.0 Å². The number of rotatable bonds is 12. The van der Waals surface area contributed by atoms with Crippen molar-refractivity contribution in [3.63, 3.8) is 0 Å². The van der Waals surface area contributed by atoms with E-state index in [9.17, 15) is 23.1 Å².